The number of aliphatic carboxylic acids is 1. The van der Waals surface area contributed by atoms with Crippen molar-refractivity contribution in [3.63, 3.8) is 0 Å². The molecule has 8 nitrogen and oxygen atoms in total. The molecule has 0 aliphatic heterocycles. The molecule has 3 rings (SSSR count). The molecule has 0 unspecified atom stereocenters. The van der Waals surface area contributed by atoms with Crippen LogP contribution in [0.1, 0.15) is 20.9 Å². The fraction of sp³-hybridized carbons (Fsp3) is 0.176. The minimum absolute atomic E-state index is 0.166. The predicted molar refractivity (Wildman–Crippen MR) is 95.8 cm³/mol. The van der Waals surface area contributed by atoms with E-state index in [4.69, 9.17) is 5.11 Å². The number of hydrogen-bond donors (Lipinski definition) is 3. The molecule has 3 aromatic rings. The molecule has 3 N–H and O–H groups in total. The van der Waals surface area contributed by atoms with E-state index in [0.717, 1.165) is 16.9 Å². The number of pyridine rings is 1. The van der Waals surface area contributed by atoms with Crippen molar-refractivity contribution in [1.29, 1.82) is 0 Å². The molecule has 26 heavy (non-hydrogen) atoms. The molecule has 0 atom stereocenters. The van der Waals surface area contributed by atoms with E-state index in [2.05, 4.69) is 10.3 Å². The number of hydrogen-bond acceptors (Lipinski definition) is 6. The van der Waals surface area contributed by atoms with Gasteiger partial charge in [-0.15, -0.1) is 11.3 Å². The highest BCUT2D eigenvalue weighted by atomic mass is 32.1. The van der Waals surface area contributed by atoms with Crippen molar-refractivity contribution in [2.45, 2.75) is 13.5 Å². The Kier molecular flexibility index (Phi) is 4.72. The van der Waals surface area contributed by atoms with E-state index >= 15 is 0 Å². The van der Waals surface area contributed by atoms with Crippen LogP contribution >= 0.6 is 11.3 Å². The number of nitrogens with zero attached hydrogens (tertiary/aromatic N) is 2. The number of aromatic nitrogens is 2. The van der Waals surface area contributed by atoms with Gasteiger partial charge in [0.2, 0.25) is 0 Å². The third kappa shape index (κ3) is 3.29. The van der Waals surface area contributed by atoms with Crippen LogP contribution in [0.25, 0.3) is 10.3 Å². The van der Waals surface area contributed by atoms with Gasteiger partial charge in [0, 0.05) is 0 Å². The van der Waals surface area contributed by atoms with Gasteiger partial charge >= 0.3 is 5.97 Å². The molecule has 0 bridgehead atoms. The molecule has 0 fully saturated rings. The number of carboxylic acid groups (broad SMARTS) is 1. The van der Waals surface area contributed by atoms with Crippen LogP contribution in [0.3, 0.4) is 0 Å². The second kappa shape index (κ2) is 6.96. The Bertz CT molecular complexity index is 1060. The minimum Gasteiger partial charge on any atom is -0.505 e. The summed E-state index contributed by atoms with van der Waals surface area (Å²) in [6.07, 6.45) is 0. The van der Waals surface area contributed by atoms with Crippen molar-refractivity contribution in [3.8, 4) is 5.75 Å². The van der Waals surface area contributed by atoms with Crippen LogP contribution < -0.4 is 10.9 Å². The second-order valence-electron chi connectivity index (χ2n) is 5.56. The summed E-state index contributed by atoms with van der Waals surface area (Å²) in [5.74, 6) is -2.68. The summed E-state index contributed by atoms with van der Waals surface area (Å²) in [6.45, 7) is 1.24. The molecule has 0 saturated heterocycles. The number of aromatic hydroxyl groups is 1. The van der Waals surface area contributed by atoms with E-state index in [1.165, 1.54) is 4.57 Å². The number of carboxylic acids is 1. The summed E-state index contributed by atoms with van der Waals surface area (Å²) in [5.41, 5.74) is -0.108. The highest BCUT2D eigenvalue weighted by molar-refractivity contribution is 7.18. The lowest BCUT2D eigenvalue weighted by Gasteiger charge is -2.11. The lowest BCUT2D eigenvalue weighted by atomic mass is 10.2. The highest BCUT2D eigenvalue weighted by Gasteiger charge is 2.24. The first-order chi connectivity index (χ1) is 12.4. The van der Waals surface area contributed by atoms with Crippen molar-refractivity contribution in [3.05, 3.63) is 56.8 Å². The summed E-state index contributed by atoms with van der Waals surface area (Å²) in [4.78, 5) is 40.1. The van der Waals surface area contributed by atoms with Gasteiger partial charge in [-0.25, -0.2) is 4.98 Å². The molecule has 0 saturated carbocycles. The summed E-state index contributed by atoms with van der Waals surface area (Å²) in [5, 5.41) is 21.9. The predicted octanol–water partition coefficient (Wildman–Crippen LogP) is 1.33. The average molecular weight is 373 g/mol. The zero-order valence-corrected chi connectivity index (χ0v) is 14.5. The molecule has 1 amide bonds. The van der Waals surface area contributed by atoms with Crippen molar-refractivity contribution < 1.29 is 19.8 Å². The standard InChI is InChI=1S/C17H15N3O5S/c1-9-19-15-14(26-9)13(23)12(16(24)18-7-11(21)22)17(25)20(15)8-10-5-3-2-4-6-10/h2-6,23H,7-8H2,1H3,(H,18,24)(H,21,22). The molecule has 0 radical (unpaired) electrons. The molecule has 0 aliphatic rings. The van der Waals surface area contributed by atoms with Crippen molar-refractivity contribution in [2.75, 3.05) is 6.54 Å². The lowest BCUT2D eigenvalue weighted by molar-refractivity contribution is -0.135. The summed E-state index contributed by atoms with van der Waals surface area (Å²) < 4.78 is 1.61. The highest BCUT2D eigenvalue weighted by Crippen LogP contribution is 2.31. The number of thiazole rings is 1. The minimum atomic E-state index is -1.25. The summed E-state index contributed by atoms with van der Waals surface area (Å²) in [7, 11) is 0. The molecule has 134 valence electrons. The van der Waals surface area contributed by atoms with Gasteiger partial charge in [0.05, 0.1) is 11.6 Å². The topological polar surface area (TPSA) is 122 Å². The van der Waals surface area contributed by atoms with Crippen molar-refractivity contribution in [2.24, 2.45) is 0 Å². The van der Waals surface area contributed by atoms with Crippen LogP contribution in [0.5, 0.6) is 5.75 Å². The Labute approximate surface area is 151 Å². The van der Waals surface area contributed by atoms with Crippen LogP contribution in [0.2, 0.25) is 0 Å². The van der Waals surface area contributed by atoms with E-state index < -0.39 is 35.3 Å². The number of rotatable bonds is 5. The molecule has 1 aromatic carbocycles. The molecule has 0 spiro atoms. The Hall–Kier alpha value is -3.20. The molecular weight excluding hydrogens is 358 g/mol. The van der Waals surface area contributed by atoms with Gasteiger partial charge in [-0.1, -0.05) is 30.3 Å². The van der Waals surface area contributed by atoms with Gasteiger partial charge in [0.15, 0.2) is 11.4 Å². The van der Waals surface area contributed by atoms with Crippen LogP contribution in [-0.2, 0) is 11.3 Å². The van der Waals surface area contributed by atoms with E-state index in [0.29, 0.717) is 9.71 Å². The van der Waals surface area contributed by atoms with Gasteiger partial charge in [-0.3, -0.25) is 19.0 Å². The molecule has 9 heteroatoms. The monoisotopic (exact) mass is 373 g/mol. The van der Waals surface area contributed by atoms with Crippen molar-refractivity contribution >= 4 is 33.6 Å². The fourth-order valence-electron chi connectivity index (χ4n) is 2.56. The number of fused-ring (bicyclic) bond motifs is 1. The molecule has 2 aromatic heterocycles. The van der Waals surface area contributed by atoms with E-state index in [9.17, 15) is 19.5 Å². The van der Waals surface area contributed by atoms with Gasteiger partial charge in [-0.05, 0) is 12.5 Å². The Morgan fingerprint density at radius 3 is 2.62 bits per heavy atom. The van der Waals surface area contributed by atoms with Crippen LogP contribution in [0.4, 0.5) is 0 Å². The number of carbonyl (C=O) groups is 2. The summed E-state index contributed by atoms with van der Waals surface area (Å²) >= 11 is 1.15. The maximum atomic E-state index is 12.9. The van der Waals surface area contributed by atoms with Gasteiger partial charge < -0.3 is 15.5 Å². The zero-order valence-electron chi connectivity index (χ0n) is 13.7. The second-order valence-corrected chi connectivity index (χ2v) is 6.77. The molecule has 2 heterocycles. The van der Waals surface area contributed by atoms with Gasteiger partial charge in [0.1, 0.15) is 16.8 Å². The maximum Gasteiger partial charge on any atom is 0.322 e. The van der Waals surface area contributed by atoms with Crippen LogP contribution in [-0.4, -0.2) is 38.2 Å². The van der Waals surface area contributed by atoms with Gasteiger partial charge in [-0.2, -0.15) is 0 Å². The number of nitrogens with one attached hydrogen (secondary N) is 1. The molecular formula is C17H15N3O5S. The SMILES string of the molecule is Cc1nc2c(s1)c(O)c(C(=O)NCC(=O)O)c(=O)n2Cc1ccccc1. The first-order valence-electron chi connectivity index (χ1n) is 7.65. The quantitative estimate of drug-likeness (QED) is 0.620. The third-order valence-electron chi connectivity index (χ3n) is 3.69. The van der Waals surface area contributed by atoms with Crippen molar-refractivity contribution in [1.82, 2.24) is 14.9 Å². The normalized spacial score (nSPS) is 10.8. The van der Waals surface area contributed by atoms with E-state index in [1.807, 2.05) is 30.3 Å². The molecule has 0 aliphatic carbocycles. The Morgan fingerprint density at radius 1 is 1.27 bits per heavy atom. The van der Waals surface area contributed by atoms with Crippen LogP contribution in [0.15, 0.2) is 35.1 Å². The lowest BCUT2D eigenvalue weighted by Crippen LogP contribution is -2.36. The summed E-state index contributed by atoms with van der Waals surface area (Å²) in [6, 6.07) is 9.15. The first kappa shape index (κ1) is 17.6. The zero-order chi connectivity index (χ0) is 18.8. The first-order valence-corrected chi connectivity index (χ1v) is 8.47. The van der Waals surface area contributed by atoms with E-state index in [-0.39, 0.29) is 12.2 Å². The van der Waals surface area contributed by atoms with Gasteiger partial charge in [0.25, 0.3) is 11.5 Å². The van der Waals surface area contributed by atoms with Crippen LogP contribution in [0, 0.1) is 6.92 Å². The average Bonchev–Trinajstić information content (AvgIpc) is 3.00. The largest absolute Gasteiger partial charge is 0.505 e. The number of amides is 1. The Balaban J connectivity index is 2.18. The number of aryl methyl sites for hydroxylation is 1. The third-order valence-corrected chi connectivity index (χ3v) is 4.66. The smallest absolute Gasteiger partial charge is 0.322 e. The maximum absolute atomic E-state index is 12.9. The number of carbonyl (C=O) groups excluding carboxylic acids is 1. The Morgan fingerprint density at radius 2 is 1.96 bits per heavy atom. The van der Waals surface area contributed by atoms with E-state index in [1.54, 1.807) is 6.92 Å². The number of benzene rings is 1. The fourth-order valence-corrected chi connectivity index (χ4v) is 3.43.